The summed E-state index contributed by atoms with van der Waals surface area (Å²) in [4.78, 5) is 2.16. The van der Waals surface area contributed by atoms with Gasteiger partial charge in [0.25, 0.3) is 0 Å². The second kappa shape index (κ2) is 5.19. The molecule has 1 aliphatic heterocycles. The molecule has 0 aromatic heterocycles. The van der Waals surface area contributed by atoms with Gasteiger partial charge in [0.1, 0.15) is 6.21 Å². The third kappa shape index (κ3) is 3.42. The number of hydrogen-bond acceptors (Lipinski definition) is 1. The van der Waals surface area contributed by atoms with Crippen LogP contribution in [0.4, 0.5) is 0 Å². The van der Waals surface area contributed by atoms with Crippen molar-refractivity contribution >= 4 is 6.21 Å². The van der Waals surface area contributed by atoms with Crippen LogP contribution in [0.25, 0.3) is 0 Å². The Balaban J connectivity index is 0.000001000. The third-order valence-corrected chi connectivity index (χ3v) is 1.55. The second-order valence-electron chi connectivity index (χ2n) is 2.68. The molecule has 1 aliphatic rings. The fourth-order valence-corrected chi connectivity index (χ4v) is 0.965. The second-order valence-corrected chi connectivity index (χ2v) is 2.68. The molecule has 11 heavy (non-hydrogen) atoms. The topological polar surface area (TPSA) is 6.25 Å². The van der Waals surface area contributed by atoms with Crippen LogP contribution in [0.3, 0.4) is 0 Å². The molecule has 3 heteroatoms. The maximum atomic E-state index is 2.24. The third-order valence-electron chi connectivity index (χ3n) is 1.55. The van der Waals surface area contributed by atoms with E-state index in [1.165, 1.54) is 12.8 Å². The molecule has 0 saturated heterocycles. The SMILES string of the molecule is CCCC=[N+]1C=CN(C)C1.[Cl-]. The van der Waals surface area contributed by atoms with Crippen LogP contribution in [-0.2, 0) is 0 Å². The van der Waals surface area contributed by atoms with Gasteiger partial charge in [0.15, 0.2) is 6.20 Å². The van der Waals surface area contributed by atoms with Gasteiger partial charge < -0.3 is 17.3 Å². The van der Waals surface area contributed by atoms with Gasteiger partial charge in [0.05, 0.1) is 6.20 Å². The molecule has 0 bridgehead atoms. The molecule has 0 unspecified atom stereocenters. The van der Waals surface area contributed by atoms with Crippen molar-refractivity contribution < 1.29 is 17.0 Å². The highest BCUT2D eigenvalue weighted by atomic mass is 35.5. The minimum absolute atomic E-state index is 0. The number of nitrogens with zero attached hydrogens (tertiary/aromatic N) is 2. The van der Waals surface area contributed by atoms with Gasteiger partial charge in [0.2, 0.25) is 6.67 Å². The monoisotopic (exact) mass is 174 g/mol. The smallest absolute Gasteiger partial charge is 0.223 e. The van der Waals surface area contributed by atoms with E-state index in [9.17, 15) is 0 Å². The molecule has 1 heterocycles. The van der Waals surface area contributed by atoms with E-state index in [0.29, 0.717) is 0 Å². The lowest BCUT2D eigenvalue weighted by atomic mass is 10.4. The zero-order chi connectivity index (χ0) is 7.40. The molecule has 0 amide bonds. The van der Waals surface area contributed by atoms with E-state index in [0.717, 1.165) is 6.67 Å². The van der Waals surface area contributed by atoms with Crippen LogP contribution in [0.2, 0.25) is 0 Å². The maximum absolute atomic E-state index is 2.24. The minimum Gasteiger partial charge on any atom is -1.00 e. The Morgan fingerprint density at radius 2 is 2.36 bits per heavy atom. The highest BCUT2D eigenvalue weighted by Crippen LogP contribution is 1.96. The van der Waals surface area contributed by atoms with Crippen LogP contribution in [0.5, 0.6) is 0 Å². The van der Waals surface area contributed by atoms with Gasteiger partial charge in [-0.2, -0.15) is 4.58 Å². The molecule has 0 radical (unpaired) electrons. The molecule has 64 valence electrons. The summed E-state index contributed by atoms with van der Waals surface area (Å²) in [5.74, 6) is 0. The molecular weight excluding hydrogens is 160 g/mol. The van der Waals surface area contributed by atoms with Crippen LogP contribution < -0.4 is 12.4 Å². The van der Waals surface area contributed by atoms with Crippen molar-refractivity contribution in [3.05, 3.63) is 12.4 Å². The molecule has 0 fully saturated rings. The Labute approximate surface area is 74.6 Å². The van der Waals surface area contributed by atoms with Crippen molar-refractivity contribution in [1.29, 1.82) is 0 Å². The average molecular weight is 175 g/mol. The van der Waals surface area contributed by atoms with Crippen LogP contribution in [-0.4, -0.2) is 29.4 Å². The molecule has 1 rings (SSSR count). The zero-order valence-corrected chi connectivity index (χ0v) is 7.88. The summed E-state index contributed by atoms with van der Waals surface area (Å²) in [6.07, 6.45) is 8.84. The van der Waals surface area contributed by atoms with Crippen molar-refractivity contribution in [2.75, 3.05) is 13.7 Å². The predicted molar refractivity (Wildman–Crippen MR) is 43.0 cm³/mol. The molecule has 0 aliphatic carbocycles. The minimum atomic E-state index is 0. The van der Waals surface area contributed by atoms with Gasteiger partial charge in [0, 0.05) is 13.5 Å². The molecule has 2 nitrogen and oxygen atoms in total. The Kier molecular flexibility index (Phi) is 4.95. The largest absolute Gasteiger partial charge is 1.00 e. The van der Waals surface area contributed by atoms with Crippen LogP contribution in [0.15, 0.2) is 12.4 Å². The molecule has 0 N–H and O–H groups in total. The van der Waals surface area contributed by atoms with E-state index in [1.807, 2.05) is 0 Å². The number of unbranched alkanes of at least 4 members (excludes halogenated alkanes) is 1. The first-order valence-corrected chi connectivity index (χ1v) is 3.80. The summed E-state index contributed by atoms with van der Waals surface area (Å²) < 4.78 is 2.21. The lowest BCUT2D eigenvalue weighted by molar-refractivity contribution is -0.459. The van der Waals surface area contributed by atoms with Crippen LogP contribution in [0.1, 0.15) is 19.8 Å². The van der Waals surface area contributed by atoms with Gasteiger partial charge in [-0.25, -0.2) is 0 Å². The first-order valence-electron chi connectivity index (χ1n) is 3.80. The fourth-order valence-electron chi connectivity index (χ4n) is 0.965. The van der Waals surface area contributed by atoms with Gasteiger partial charge in [-0.15, -0.1) is 0 Å². The number of rotatable bonds is 2. The number of hydrogen-bond donors (Lipinski definition) is 0. The summed E-state index contributed by atoms with van der Waals surface area (Å²) in [6.45, 7) is 3.21. The van der Waals surface area contributed by atoms with Crippen LogP contribution in [0, 0.1) is 0 Å². The zero-order valence-electron chi connectivity index (χ0n) is 7.13. The van der Waals surface area contributed by atoms with Crippen molar-refractivity contribution in [3.63, 3.8) is 0 Å². The van der Waals surface area contributed by atoms with Crippen molar-refractivity contribution in [3.8, 4) is 0 Å². The lowest BCUT2D eigenvalue weighted by Crippen LogP contribution is -3.00. The molecular formula is C8H15ClN2. The van der Waals surface area contributed by atoms with Gasteiger partial charge in [-0.05, 0) is 6.42 Å². The van der Waals surface area contributed by atoms with E-state index in [2.05, 4.69) is 42.1 Å². The summed E-state index contributed by atoms with van der Waals surface area (Å²) in [5.41, 5.74) is 0. The first-order chi connectivity index (χ1) is 4.83. The van der Waals surface area contributed by atoms with E-state index < -0.39 is 0 Å². The summed E-state index contributed by atoms with van der Waals surface area (Å²) in [6, 6.07) is 0. The normalized spacial score (nSPS) is 19.1. The van der Waals surface area contributed by atoms with Crippen molar-refractivity contribution in [2.45, 2.75) is 19.8 Å². The highest BCUT2D eigenvalue weighted by Gasteiger charge is 2.08. The summed E-state index contributed by atoms with van der Waals surface area (Å²) in [7, 11) is 2.08. The van der Waals surface area contributed by atoms with Crippen molar-refractivity contribution in [1.82, 2.24) is 4.90 Å². The standard InChI is InChI=1S/C8H15N2.ClH/c1-3-4-5-10-7-6-9(2)8-10;/h5-7H,3-4,8H2,1-2H3;1H/q+1;/p-1. The molecule has 0 spiro atoms. The Morgan fingerprint density at radius 3 is 2.82 bits per heavy atom. The molecule has 0 saturated carbocycles. The average Bonchev–Trinajstić information content (AvgIpc) is 2.31. The van der Waals surface area contributed by atoms with Crippen LogP contribution >= 0.6 is 0 Å². The van der Waals surface area contributed by atoms with Gasteiger partial charge in [-0.1, -0.05) is 6.92 Å². The van der Waals surface area contributed by atoms with Crippen molar-refractivity contribution in [2.24, 2.45) is 0 Å². The summed E-state index contributed by atoms with van der Waals surface area (Å²) >= 11 is 0. The van der Waals surface area contributed by atoms with E-state index in [-0.39, 0.29) is 12.4 Å². The quantitative estimate of drug-likeness (QED) is 0.450. The lowest BCUT2D eigenvalue weighted by Gasteiger charge is -1.98. The predicted octanol–water partition coefficient (Wildman–Crippen LogP) is -1.75. The molecule has 0 aromatic carbocycles. The Hall–Kier alpha value is -0.500. The molecule has 0 aromatic rings. The fraction of sp³-hybridized carbons (Fsp3) is 0.625. The first kappa shape index (κ1) is 10.5. The maximum Gasteiger partial charge on any atom is 0.223 e. The summed E-state index contributed by atoms with van der Waals surface area (Å²) in [5, 5.41) is 0. The Morgan fingerprint density at radius 1 is 1.64 bits per heavy atom. The number of halogens is 1. The van der Waals surface area contributed by atoms with E-state index in [4.69, 9.17) is 0 Å². The van der Waals surface area contributed by atoms with E-state index in [1.54, 1.807) is 0 Å². The van der Waals surface area contributed by atoms with Gasteiger partial charge >= 0.3 is 0 Å². The highest BCUT2D eigenvalue weighted by molar-refractivity contribution is 5.51. The van der Waals surface area contributed by atoms with E-state index >= 15 is 0 Å². The van der Waals surface area contributed by atoms with Gasteiger partial charge in [-0.3, -0.25) is 0 Å². The molecule has 0 atom stereocenters. The Bertz CT molecular complexity index is 163.